The lowest BCUT2D eigenvalue weighted by Crippen LogP contribution is -2.40. The molecule has 9 heteroatoms. The summed E-state index contributed by atoms with van der Waals surface area (Å²) >= 11 is 0. The summed E-state index contributed by atoms with van der Waals surface area (Å²) in [5.41, 5.74) is -1.31. The number of piperidine rings is 1. The van der Waals surface area contributed by atoms with Gasteiger partial charge in [-0.3, -0.25) is 0 Å². The van der Waals surface area contributed by atoms with E-state index in [9.17, 15) is 4.39 Å². The van der Waals surface area contributed by atoms with Crippen LogP contribution in [0.2, 0.25) is 0 Å². The molecule has 4 rings (SSSR count). The van der Waals surface area contributed by atoms with Gasteiger partial charge in [-0.05, 0) is 69.7 Å². The maximum atomic E-state index is 14.0. The van der Waals surface area contributed by atoms with Gasteiger partial charge in [0.25, 0.3) is 11.8 Å². The van der Waals surface area contributed by atoms with E-state index in [1.54, 1.807) is 18.3 Å². The minimum Gasteiger partial charge on any atom is -0.487 e. The van der Waals surface area contributed by atoms with Crippen LogP contribution in [0.15, 0.2) is 22.9 Å². The van der Waals surface area contributed by atoms with Gasteiger partial charge in [0.1, 0.15) is 6.07 Å². The molecular formula is C22H28FN5O3. The van der Waals surface area contributed by atoms with Crippen molar-refractivity contribution in [2.75, 3.05) is 18.0 Å². The minimum atomic E-state index is -1.64. The van der Waals surface area contributed by atoms with E-state index in [1.165, 1.54) is 13.8 Å². The van der Waals surface area contributed by atoms with Crippen molar-refractivity contribution < 1.29 is 18.4 Å². The van der Waals surface area contributed by atoms with Crippen molar-refractivity contribution in [1.82, 2.24) is 15.1 Å². The molecule has 0 atom stereocenters. The van der Waals surface area contributed by atoms with Gasteiger partial charge in [0.05, 0.1) is 18.3 Å². The molecule has 0 bridgehead atoms. The first-order valence-corrected chi connectivity index (χ1v) is 10.9. The Labute approximate surface area is 181 Å². The second-order valence-corrected chi connectivity index (χ2v) is 8.67. The van der Waals surface area contributed by atoms with E-state index in [4.69, 9.17) is 19.3 Å². The van der Waals surface area contributed by atoms with Gasteiger partial charge in [0.15, 0.2) is 17.1 Å². The van der Waals surface area contributed by atoms with Gasteiger partial charge in [-0.1, -0.05) is 0 Å². The van der Waals surface area contributed by atoms with Crippen molar-refractivity contribution >= 4 is 5.95 Å². The lowest BCUT2D eigenvalue weighted by Gasteiger charge is -2.35. The molecule has 2 aliphatic rings. The summed E-state index contributed by atoms with van der Waals surface area (Å²) < 4.78 is 31.4. The topological polar surface area (TPSA) is 97.3 Å². The molecule has 0 spiro atoms. The zero-order valence-corrected chi connectivity index (χ0v) is 18.0. The van der Waals surface area contributed by atoms with Crippen LogP contribution in [0.3, 0.4) is 0 Å². The zero-order valence-electron chi connectivity index (χ0n) is 18.0. The highest BCUT2D eigenvalue weighted by atomic mass is 19.1. The van der Waals surface area contributed by atoms with Crippen molar-refractivity contribution in [2.24, 2.45) is 0 Å². The van der Waals surface area contributed by atoms with Crippen molar-refractivity contribution in [2.45, 2.75) is 76.4 Å². The average molecular weight is 429 g/mol. The van der Waals surface area contributed by atoms with Gasteiger partial charge in [-0.2, -0.15) is 10.2 Å². The SMILES string of the molecule is CC(C)(F)c1nc(N2CCC(O[C@H]3CC[C@H](Oc4cccnc4C#N)CC3)CC2)no1. The van der Waals surface area contributed by atoms with Crippen LogP contribution in [0.5, 0.6) is 5.75 Å². The smallest absolute Gasteiger partial charge is 0.266 e. The van der Waals surface area contributed by atoms with E-state index in [1.807, 2.05) is 4.90 Å². The summed E-state index contributed by atoms with van der Waals surface area (Å²) in [7, 11) is 0. The molecule has 0 unspecified atom stereocenters. The largest absolute Gasteiger partial charge is 0.487 e. The summed E-state index contributed by atoms with van der Waals surface area (Å²) in [6.45, 7) is 4.33. The number of anilines is 1. The molecule has 0 amide bonds. The van der Waals surface area contributed by atoms with Gasteiger partial charge >= 0.3 is 0 Å². The molecular weight excluding hydrogens is 401 g/mol. The number of rotatable bonds is 6. The predicted molar refractivity (Wildman–Crippen MR) is 110 cm³/mol. The van der Waals surface area contributed by atoms with Crippen LogP contribution in [-0.4, -0.2) is 46.5 Å². The van der Waals surface area contributed by atoms with Gasteiger partial charge in [0.2, 0.25) is 0 Å². The average Bonchev–Trinajstić information content (AvgIpc) is 3.27. The highest BCUT2D eigenvalue weighted by molar-refractivity contribution is 5.36. The van der Waals surface area contributed by atoms with Crippen LogP contribution >= 0.6 is 0 Å². The fourth-order valence-corrected chi connectivity index (χ4v) is 4.09. The Bertz CT molecular complexity index is 906. The molecule has 8 nitrogen and oxygen atoms in total. The van der Waals surface area contributed by atoms with Crippen LogP contribution in [0.1, 0.15) is 64.0 Å². The number of pyridine rings is 1. The van der Waals surface area contributed by atoms with Crippen molar-refractivity contribution in [3.8, 4) is 11.8 Å². The van der Waals surface area contributed by atoms with Crippen LogP contribution in [-0.2, 0) is 10.4 Å². The number of nitriles is 1. The second kappa shape index (κ2) is 9.18. The number of alkyl halides is 1. The molecule has 0 aromatic carbocycles. The molecule has 0 radical (unpaired) electrons. The zero-order chi connectivity index (χ0) is 21.8. The number of nitrogens with zero attached hydrogens (tertiary/aromatic N) is 5. The minimum absolute atomic E-state index is 0.00743. The molecule has 2 fully saturated rings. The molecule has 2 aromatic heterocycles. The van der Waals surface area contributed by atoms with E-state index < -0.39 is 5.67 Å². The van der Waals surface area contributed by atoms with E-state index in [-0.39, 0.29) is 24.2 Å². The third kappa shape index (κ3) is 5.31. The van der Waals surface area contributed by atoms with Crippen LogP contribution < -0.4 is 9.64 Å². The summed E-state index contributed by atoms with van der Waals surface area (Å²) in [4.78, 5) is 10.3. The van der Waals surface area contributed by atoms with Gasteiger partial charge in [0, 0.05) is 19.3 Å². The van der Waals surface area contributed by atoms with E-state index in [2.05, 4.69) is 21.2 Å². The third-order valence-electron chi connectivity index (χ3n) is 5.83. The van der Waals surface area contributed by atoms with E-state index in [0.29, 0.717) is 17.4 Å². The Morgan fingerprint density at radius 1 is 1.13 bits per heavy atom. The van der Waals surface area contributed by atoms with Crippen LogP contribution in [0.25, 0.3) is 0 Å². The van der Waals surface area contributed by atoms with Crippen molar-refractivity contribution in [3.63, 3.8) is 0 Å². The molecule has 31 heavy (non-hydrogen) atoms. The standard InChI is InChI=1S/C22H28FN5O3/c1-22(2,23)20-26-21(27-31-20)28-12-9-17(10-13-28)29-15-5-7-16(8-6-15)30-19-4-3-11-25-18(19)14-24/h3-4,11,15-17H,5-10,12-13H2,1-2H3/t15-,16-. The molecule has 1 saturated carbocycles. The van der Waals surface area contributed by atoms with Crippen molar-refractivity contribution in [3.05, 3.63) is 29.9 Å². The summed E-state index contributed by atoms with van der Waals surface area (Å²) in [5.74, 6) is 1.01. The molecule has 2 aromatic rings. The fraction of sp³-hybridized carbons (Fsp3) is 0.636. The quantitative estimate of drug-likeness (QED) is 0.682. The lowest BCUT2D eigenvalue weighted by molar-refractivity contribution is -0.0528. The first-order chi connectivity index (χ1) is 14.9. The summed E-state index contributed by atoms with van der Waals surface area (Å²) in [6, 6.07) is 5.65. The van der Waals surface area contributed by atoms with Crippen LogP contribution in [0, 0.1) is 11.3 Å². The third-order valence-corrected chi connectivity index (χ3v) is 5.83. The van der Waals surface area contributed by atoms with Gasteiger partial charge < -0.3 is 18.9 Å². The Hall–Kier alpha value is -2.73. The normalized spacial score (nSPS) is 22.8. The molecule has 0 N–H and O–H groups in total. The fourth-order valence-electron chi connectivity index (χ4n) is 4.09. The summed E-state index contributed by atoms with van der Waals surface area (Å²) in [6.07, 6.45) is 7.53. The van der Waals surface area contributed by atoms with Crippen molar-refractivity contribution in [1.29, 1.82) is 5.26 Å². The maximum absolute atomic E-state index is 14.0. The molecule has 1 aliphatic heterocycles. The maximum Gasteiger partial charge on any atom is 0.266 e. The predicted octanol–water partition coefficient (Wildman–Crippen LogP) is 3.92. The van der Waals surface area contributed by atoms with Crippen LogP contribution in [0.4, 0.5) is 10.3 Å². The van der Waals surface area contributed by atoms with Gasteiger partial charge in [-0.15, -0.1) is 0 Å². The second-order valence-electron chi connectivity index (χ2n) is 8.67. The van der Waals surface area contributed by atoms with E-state index in [0.717, 1.165) is 51.6 Å². The highest BCUT2D eigenvalue weighted by Gasteiger charge is 2.31. The first kappa shape index (κ1) is 21.5. The Morgan fingerprint density at radius 2 is 1.81 bits per heavy atom. The molecule has 1 saturated heterocycles. The van der Waals surface area contributed by atoms with E-state index >= 15 is 0 Å². The number of hydrogen-bond donors (Lipinski definition) is 0. The lowest BCUT2D eigenvalue weighted by atomic mass is 9.94. The number of aromatic nitrogens is 3. The Morgan fingerprint density at radius 3 is 2.45 bits per heavy atom. The summed E-state index contributed by atoms with van der Waals surface area (Å²) in [5, 5.41) is 13.1. The Balaban J connectivity index is 1.21. The highest BCUT2D eigenvalue weighted by Crippen LogP contribution is 2.30. The molecule has 166 valence electrons. The monoisotopic (exact) mass is 429 g/mol. The number of ether oxygens (including phenoxy) is 2. The molecule has 1 aliphatic carbocycles. The number of halogens is 1. The Kier molecular flexibility index (Phi) is 6.37. The first-order valence-electron chi connectivity index (χ1n) is 10.9. The number of hydrogen-bond acceptors (Lipinski definition) is 8. The van der Waals surface area contributed by atoms with Gasteiger partial charge in [-0.25, -0.2) is 9.37 Å². The molecule has 3 heterocycles.